The topological polar surface area (TPSA) is 61.5 Å². The minimum absolute atomic E-state index is 0.0383. The van der Waals surface area contributed by atoms with Crippen LogP contribution in [0.25, 0.3) is 0 Å². The molecule has 2 N–H and O–H groups in total. The van der Waals surface area contributed by atoms with E-state index >= 15 is 0 Å². The number of nitrogens with two attached hydrogens (primary N) is 1. The van der Waals surface area contributed by atoms with Crippen molar-refractivity contribution in [3.05, 3.63) is 23.8 Å². The average Bonchev–Trinajstić information content (AvgIpc) is 2.55. The van der Waals surface area contributed by atoms with Gasteiger partial charge in [0.05, 0.1) is 19.8 Å². The van der Waals surface area contributed by atoms with Crippen molar-refractivity contribution in [2.24, 2.45) is 11.1 Å². The Morgan fingerprint density at radius 3 is 2.48 bits per heavy atom. The van der Waals surface area contributed by atoms with E-state index in [2.05, 4.69) is 0 Å². The molecule has 1 aliphatic carbocycles. The highest BCUT2D eigenvalue weighted by Gasteiger charge is 2.33. The summed E-state index contributed by atoms with van der Waals surface area (Å²) in [6, 6.07) is 5.34. The van der Waals surface area contributed by atoms with Crippen LogP contribution in [0.15, 0.2) is 18.2 Å². The highest BCUT2D eigenvalue weighted by Crippen LogP contribution is 2.40. The molecule has 1 saturated carbocycles. The Morgan fingerprint density at radius 1 is 1.19 bits per heavy atom. The number of methoxy groups -OCH3 is 2. The van der Waals surface area contributed by atoms with E-state index in [1.54, 1.807) is 32.4 Å². The molecule has 0 amide bonds. The van der Waals surface area contributed by atoms with Gasteiger partial charge in [-0.15, -0.1) is 0 Å². The molecule has 0 saturated heterocycles. The van der Waals surface area contributed by atoms with Gasteiger partial charge in [-0.1, -0.05) is 19.3 Å². The summed E-state index contributed by atoms with van der Waals surface area (Å²) >= 11 is 0. The lowest BCUT2D eigenvalue weighted by atomic mass is 9.70. The number of carbonyl (C=O) groups excluding carboxylic acids is 1. The van der Waals surface area contributed by atoms with Gasteiger partial charge in [-0.25, -0.2) is 0 Å². The number of hydrogen-bond acceptors (Lipinski definition) is 4. The van der Waals surface area contributed by atoms with Crippen LogP contribution >= 0.6 is 0 Å². The van der Waals surface area contributed by atoms with Crippen LogP contribution in [0.5, 0.6) is 11.5 Å². The van der Waals surface area contributed by atoms with Crippen LogP contribution < -0.4 is 15.2 Å². The number of ketones is 1. The van der Waals surface area contributed by atoms with Crippen molar-refractivity contribution in [2.45, 2.75) is 38.5 Å². The Kier molecular flexibility index (Phi) is 5.23. The molecule has 0 spiro atoms. The largest absolute Gasteiger partial charge is 0.497 e. The quantitative estimate of drug-likeness (QED) is 0.818. The zero-order valence-corrected chi connectivity index (χ0v) is 13.0. The van der Waals surface area contributed by atoms with E-state index in [0.29, 0.717) is 30.0 Å². The highest BCUT2D eigenvalue weighted by molar-refractivity contribution is 5.99. The maximum absolute atomic E-state index is 12.7. The molecule has 1 fully saturated rings. The van der Waals surface area contributed by atoms with Gasteiger partial charge < -0.3 is 15.2 Å². The lowest BCUT2D eigenvalue weighted by Crippen LogP contribution is -2.35. The number of carbonyl (C=O) groups is 1. The van der Waals surface area contributed by atoms with Crippen LogP contribution in [0, 0.1) is 5.41 Å². The molecule has 21 heavy (non-hydrogen) atoms. The zero-order valence-electron chi connectivity index (χ0n) is 13.0. The Morgan fingerprint density at radius 2 is 1.90 bits per heavy atom. The fourth-order valence-corrected chi connectivity index (χ4v) is 3.22. The lowest BCUT2D eigenvalue weighted by Gasteiger charge is -2.35. The summed E-state index contributed by atoms with van der Waals surface area (Å²) in [6.07, 6.45) is 6.16. The third-order valence-corrected chi connectivity index (χ3v) is 4.59. The normalized spacial score (nSPS) is 17.3. The Bertz CT molecular complexity index is 493. The van der Waals surface area contributed by atoms with Crippen LogP contribution in [-0.4, -0.2) is 26.5 Å². The van der Waals surface area contributed by atoms with Crippen LogP contribution in [0.1, 0.15) is 48.9 Å². The molecular weight excluding hydrogens is 266 g/mol. The molecular formula is C17H25NO3. The second kappa shape index (κ2) is 6.94. The van der Waals surface area contributed by atoms with E-state index in [0.717, 1.165) is 12.8 Å². The Labute approximate surface area is 126 Å². The third-order valence-electron chi connectivity index (χ3n) is 4.59. The van der Waals surface area contributed by atoms with Crippen molar-refractivity contribution < 1.29 is 14.3 Å². The molecule has 116 valence electrons. The van der Waals surface area contributed by atoms with Gasteiger partial charge in [0.1, 0.15) is 11.5 Å². The summed E-state index contributed by atoms with van der Waals surface area (Å²) in [5, 5.41) is 0. The number of ether oxygens (including phenoxy) is 2. The molecule has 2 rings (SSSR count). The summed E-state index contributed by atoms with van der Waals surface area (Å²) in [6.45, 7) is 0.574. The molecule has 4 nitrogen and oxygen atoms in total. The molecule has 1 aromatic carbocycles. The molecule has 0 unspecified atom stereocenters. The summed E-state index contributed by atoms with van der Waals surface area (Å²) in [4.78, 5) is 12.7. The van der Waals surface area contributed by atoms with Crippen molar-refractivity contribution in [1.29, 1.82) is 0 Å². The van der Waals surface area contributed by atoms with E-state index in [1.165, 1.54) is 19.3 Å². The van der Waals surface area contributed by atoms with Gasteiger partial charge in [0.15, 0.2) is 5.78 Å². The van der Waals surface area contributed by atoms with E-state index in [-0.39, 0.29) is 11.2 Å². The Balaban J connectivity index is 2.22. The maximum atomic E-state index is 12.7. The lowest BCUT2D eigenvalue weighted by molar-refractivity contribution is 0.0864. The van der Waals surface area contributed by atoms with Crippen molar-refractivity contribution >= 4 is 5.78 Å². The predicted molar refractivity (Wildman–Crippen MR) is 83.1 cm³/mol. The zero-order chi connectivity index (χ0) is 15.3. The van der Waals surface area contributed by atoms with Crippen molar-refractivity contribution in [2.75, 3.05) is 20.8 Å². The number of hydrogen-bond donors (Lipinski definition) is 1. The first-order valence-electron chi connectivity index (χ1n) is 7.59. The molecule has 0 heterocycles. The van der Waals surface area contributed by atoms with Gasteiger partial charge in [-0.3, -0.25) is 4.79 Å². The van der Waals surface area contributed by atoms with E-state index in [4.69, 9.17) is 15.2 Å². The molecule has 0 bridgehead atoms. The second-order valence-electron chi connectivity index (χ2n) is 5.93. The van der Waals surface area contributed by atoms with Gasteiger partial charge in [0.2, 0.25) is 0 Å². The van der Waals surface area contributed by atoms with E-state index in [1.807, 2.05) is 0 Å². The van der Waals surface area contributed by atoms with E-state index < -0.39 is 0 Å². The SMILES string of the molecule is COc1ccc(OC)c(C(=O)CC2(CN)CCCCC2)c1. The molecule has 1 aliphatic rings. The van der Waals surface area contributed by atoms with Gasteiger partial charge in [0, 0.05) is 6.42 Å². The summed E-state index contributed by atoms with van der Waals surface area (Å²) < 4.78 is 10.5. The fourth-order valence-electron chi connectivity index (χ4n) is 3.22. The maximum Gasteiger partial charge on any atom is 0.167 e. The average molecular weight is 291 g/mol. The minimum atomic E-state index is -0.0383. The molecule has 0 radical (unpaired) electrons. The molecule has 1 aromatic rings. The van der Waals surface area contributed by atoms with Gasteiger partial charge in [-0.2, -0.15) is 0 Å². The van der Waals surface area contributed by atoms with E-state index in [9.17, 15) is 4.79 Å². The Hall–Kier alpha value is -1.55. The van der Waals surface area contributed by atoms with Gasteiger partial charge >= 0.3 is 0 Å². The standard InChI is InChI=1S/C17H25NO3/c1-20-13-6-7-16(21-2)14(10-13)15(19)11-17(12-18)8-4-3-5-9-17/h6-7,10H,3-5,8-9,11-12,18H2,1-2H3. The molecule has 4 heteroatoms. The third kappa shape index (κ3) is 3.56. The first-order valence-corrected chi connectivity index (χ1v) is 7.59. The monoisotopic (exact) mass is 291 g/mol. The predicted octanol–water partition coefficient (Wildman–Crippen LogP) is 3.19. The molecule has 0 atom stereocenters. The highest BCUT2D eigenvalue weighted by atomic mass is 16.5. The molecule has 0 aromatic heterocycles. The summed E-state index contributed by atoms with van der Waals surface area (Å²) in [7, 11) is 3.18. The van der Waals surface area contributed by atoms with Crippen molar-refractivity contribution in [1.82, 2.24) is 0 Å². The smallest absolute Gasteiger partial charge is 0.167 e. The van der Waals surface area contributed by atoms with Crippen LogP contribution in [0.4, 0.5) is 0 Å². The first-order chi connectivity index (χ1) is 10.1. The minimum Gasteiger partial charge on any atom is -0.497 e. The second-order valence-corrected chi connectivity index (χ2v) is 5.93. The number of benzene rings is 1. The van der Waals surface area contributed by atoms with Gasteiger partial charge in [0.25, 0.3) is 0 Å². The van der Waals surface area contributed by atoms with Crippen LogP contribution in [-0.2, 0) is 0 Å². The fraction of sp³-hybridized carbons (Fsp3) is 0.588. The number of Topliss-reactive ketones (excluding diaryl/α,β-unsaturated/α-hetero) is 1. The summed E-state index contributed by atoms with van der Waals surface area (Å²) in [5.74, 6) is 1.37. The first kappa shape index (κ1) is 15.8. The summed E-state index contributed by atoms with van der Waals surface area (Å²) in [5.41, 5.74) is 6.54. The van der Waals surface area contributed by atoms with Crippen molar-refractivity contribution in [3.63, 3.8) is 0 Å². The van der Waals surface area contributed by atoms with Gasteiger partial charge in [-0.05, 0) is 43.0 Å². The van der Waals surface area contributed by atoms with Crippen molar-refractivity contribution in [3.8, 4) is 11.5 Å². The molecule has 0 aliphatic heterocycles. The number of rotatable bonds is 6. The van der Waals surface area contributed by atoms with Crippen LogP contribution in [0.3, 0.4) is 0 Å². The van der Waals surface area contributed by atoms with Crippen LogP contribution in [0.2, 0.25) is 0 Å².